The van der Waals surface area contributed by atoms with Crippen molar-refractivity contribution in [2.75, 3.05) is 18.0 Å². The number of hydrogen-bond donors (Lipinski definition) is 2. The van der Waals surface area contributed by atoms with E-state index in [-0.39, 0.29) is 12.5 Å². The second-order valence-electron chi connectivity index (χ2n) is 4.42. The molecule has 2 rings (SSSR count). The van der Waals surface area contributed by atoms with Crippen LogP contribution in [0.15, 0.2) is 5.38 Å². The van der Waals surface area contributed by atoms with E-state index < -0.39 is 5.60 Å². The van der Waals surface area contributed by atoms with Crippen LogP contribution in [0.5, 0.6) is 0 Å². The van der Waals surface area contributed by atoms with Gasteiger partial charge in [0.2, 0.25) is 0 Å². The molecule has 84 valence electrons. The summed E-state index contributed by atoms with van der Waals surface area (Å²) in [4.78, 5) is 6.37. The summed E-state index contributed by atoms with van der Waals surface area (Å²) in [5.41, 5.74) is 0.0691. The average Bonchev–Trinajstić information content (AvgIpc) is 2.72. The molecule has 1 aromatic heterocycles. The zero-order chi connectivity index (χ0) is 11.1. The minimum absolute atomic E-state index is 0.0176. The molecule has 15 heavy (non-hydrogen) atoms. The quantitative estimate of drug-likeness (QED) is 0.787. The molecule has 0 spiro atoms. The van der Waals surface area contributed by atoms with Gasteiger partial charge in [-0.15, -0.1) is 11.3 Å². The average molecular weight is 228 g/mol. The summed E-state index contributed by atoms with van der Waals surface area (Å²) in [5, 5.41) is 21.7. The first-order chi connectivity index (χ1) is 7.03. The molecule has 1 aliphatic heterocycles. The number of nitrogens with zero attached hydrogens (tertiary/aromatic N) is 2. The number of aromatic nitrogens is 1. The standard InChI is InChI=1S/C10H16N2O2S/c1-7-3-12(6-10(7,2)14)9-11-8(4-13)5-15-9/h5,7,13-14H,3-4,6H2,1-2H3/t7-,10+/m0/s1. The number of aliphatic hydroxyl groups is 2. The SMILES string of the molecule is C[C@H]1CN(c2nc(CO)cs2)C[C@@]1(C)O. The third kappa shape index (κ3) is 2.00. The van der Waals surface area contributed by atoms with E-state index in [0.29, 0.717) is 12.2 Å². The third-order valence-corrected chi connectivity index (χ3v) is 3.99. The number of rotatable bonds is 2. The van der Waals surface area contributed by atoms with E-state index >= 15 is 0 Å². The van der Waals surface area contributed by atoms with Crippen molar-refractivity contribution in [2.45, 2.75) is 26.1 Å². The van der Waals surface area contributed by atoms with Gasteiger partial charge in [-0.2, -0.15) is 0 Å². The van der Waals surface area contributed by atoms with E-state index in [1.807, 2.05) is 19.2 Å². The Labute approximate surface area is 93.2 Å². The van der Waals surface area contributed by atoms with E-state index in [1.165, 1.54) is 11.3 Å². The number of hydrogen-bond acceptors (Lipinski definition) is 5. The molecule has 1 fully saturated rings. The first kappa shape index (κ1) is 10.9. The van der Waals surface area contributed by atoms with E-state index in [0.717, 1.165) is 11.7 Å². The van der Waals surface area contributed by atoms with Crippen LogP contribution in [0.4, 0.5) is 5.13 Å². The first-order valence-corrected chi connectivity index (χ1v) is 5.93. The molecule has 4 nitrogen and oxygen atoms in total. The molecule has 2 atom stereocenters. The highest BCUT2D eigenvalue weighted by atomic mass is 32.1. The second kappa shape index (κ2) is 3.73. The summed E-state index contributed by atoms with van der Waals surface area (Å²) in [5.74, 6) is 0.249. The molecule has 0 aromatic carbocycles. The molecule has 0 amide bonds. The van der Waals surface area contributed by atoms with Crippen LogP contribution in [0, 0.1) is 5.92 Å². The molecular weight excluding hydrogens is 212 g/mol. The molecule has 0 saturated carbocycles. The molecular formula is C10H16N2O2S. The van der Waals surface area contributed by atoms with Crippen LogP contribution >= 0.6 is 11.3 Å². The minimum atomic E-state index is -0.634. The smallest absolute Gasteiger partial charge is 0.185 e. The lowest BCUT2D eigenvalue weighted by Gasteiger charge is -2.20. The Kier molecular flexibility index (Phi) is 2.70. The predicted octanol–water partition coefficient (Wildman–Crippen LogP) is 0.843. The van der Waals surface area contributed by atoms with Crippen LogP contribution in [0.2, 0.25) is 0 Å². The largest absolute Gasteiger partial charge is 0.390 e. The van der Waals surface area contributed by atoms with Gasteiger partial charge in [0, 0.05) is 24.4 Å². The van der Waals surface area contributed by atoms with E-state index in [4.69, 9.17) is 5.11 Å². The number of thiazole rings is 1. The van der Waals surface area contributed by atoms with Crippen molar-refractivity contribution in [3.63, 3.8) is 0 Å². The van der Waals surface area contributed by atoms with Crippen molar-refractivity contribution < 1.29 is 10.2 Å². The zero-order valence-electron chi connectivity index (χ0n) is 8.97. The van der Waals surface area contributed by atoms with Crippen molar-refractivity contribution in [2.24, 2.45) is 5.92 Å². The van der Waals surface area contributed by atoms with Crippen LogP contribution < -0.4 is 4.90 Å². The van der Waals surface area contributed by atoms with Crippen LogP contribution in [-0.4, -0.2) is 33.9 Å². The van der Waals surface area contributed by atoms with Gasteiger partial charge in [0.15, 0.2) is 5.13 Å². The Balaban J connectivity index is 2.13. The molecule has 1 saturated heterocycles. The lowest BCUT2D eigenvalue weighted by atomic mass is 9.95. The molecule has 0 unspecified atom stereocenters. The highest BCUT2D eigenvalue weighted by molar-refractivity contribution is 7.13. The van der Waals surface area contributed by atoms with Crippen molar-refractivity contribution in [3.05, 3.63) is 11.1 Å². The van der Waals surface area contributed by atoms with Gasteiger partial charge in [0.25, 0.3) is 0 Å². The maximum atomic E-state index is 10.0. The lowest BCUT2D eigenvalue weighted by Crippen LogP contribution is -2.33. The molecule has 2 N–H and O–H groups in total. The summed E-state index contributed by atoms with van der Waals surface area (Å²) in [6.07, 6.45) is 0. The molecule has 5 heteroatoms. The topological polar surface area (TPSA) is 56.6 Å². The summed E-state index contributed by atoms with van der Waals surface area (Å²) >= 11 is 1.52. The van der Waals surface area contributed by atoms with E-state index in [1.54, 1.807) is 0 Å². The molecule has 2 heterocycles. The monoisotopic (exact) mass is 228 g/mol. The summed E-state index contributed by atoms with van der Waals surface area (Å²) in [7, 11) is 0. The van der Waals surface area contributed by atoms with Crippen molar-refractivity contribution in [1.82, 2.24) is 4.98 Å². The molecule has 0 bridgehead atoms. The van der Waals surface area contributed by atoms with Gasteiger partial charge in [-0.3, -0.25) is 0 Å². The van der Waals surface area contributed by atoms with Crippen LogP contribution in [0.3, 0.4) is 0 Å². The maximum absolute atomic E-state index is 10.0. The number of aliphatic hydroxyl groups excluding tert-OH is 1. The normalized spacial score (nSPS) is 31.2. The van der Waals surface area contributed by atoms with E-state index in [9.17, 15) is 5.11 Å². The van der Waals surface area contributed by atoms with Crippen molar-refractivity contribution in [3.8, 4) is 0 Å². The predicted molar refractivity (Wildman–Crippen MR) is 60.0 cm³/mol. The van der Waals surface area contributed by atoms with Crippen LogP contribution in [0.1, 0.15) is 19.5 Å². The lowest BCUT2D eigenvalue weighted by molar-refractivity contribution is 0.0443. The second-order valence-corrected chi connectivity index (χ2v) is 5.25. The van der Waals surface area contributed by atoms with Gasteiger partial charge in [-0.05, 0) is 6.92 Å². The van der Waals surface area contributed by atoms with Gasteiger partial charge >= 0.3 is 0 Å². The Morgan fingerprint density at radius 3 is 2.93 bits per heavy atom. The van der Waals surface area contributed by atoms with Gasteiger partial charge < -0.3 is 15.1 Å². The molecule has 1 aliphatic rings. The Hall–Kier alpha value is -0.650. The Bertz CT molecular complexity index is 351. The van der Waals surface area contributed by atoms with Crippen LogP contribution in [0.25, 0.3) is 0 Å². The van der Waals surface area contributed by atoms with Gasteiger partial charge in [0.1, 0.15) is 0 Å². The summed E-state index contributed by atoms with van der Waals surface area (Å²) in [6.45, 7) is 5.33. The molecule has 0 aliphatic carbocycles. The fourth-order valence-corrected chi connectivity index (χ4v) is 2.62. The number of anilines is 1. The van der Waals surface area contributed by atoms with Crippen molar-refractivity contribution >= 4 is 16.5 Å². The van der Waals surface area contributed by atoms with Crippen LogP contribution in [-0.2, 0) is 6.61 Å². The Morgan fingerprint density at radius 1 is 1.73 bits per heavy atom. The van der Waals surface area contributed by atoms with Gasteiger partial charge in [0.05, 0.1) is 17.9 Å². The fraction of sp³-hybridized carbons (Fsp3) is 0.700. The highest BCUT2D eigenvalue weighted by Crippen LogP contribution is 2.32. The summed E-state index contributed by atoms with van der Waals surface area (Å²) in [6, 6.07) is 0. The van der Waals surface area contributed by atoms with Crippen molar-refractivity contribution in [1.29, 1.82) is 0 Å². The maximum Gasteiger partial charge on any atom is 0.185 e. The summed E-state index contributed by atoms with van der Waals surface area (Å²) < 4.78 is 0. The fourth-order valence-electron chi connectivity index (χ4n) is 1.79. The number of β-amino-alcohol motifs (C(OH)–C–C–N with tert-alkyl or cyclic N) is 1. The molecule has 0 radical (unpaired) electrons. The first-order valence-electron chi connectivity index (χ1n) is 5.05. The zero-order valence-corrected chi connectivity index (χ0v) is 9.79. The third-order valence-electron chi connectivity index (χ3n) is 3.04. The Morgan fingerprint density at radius 2 is 2.47 bits per heavy atom. The van der Waals surface area contributed by atoms with Gasteiger partial charge in [-0.1, -0.05) is 6.92 Å². The highest BCUT2D eigenvalue weighted by Gasteiger charge is 2.39. The minimum Gasteiger partial charge on any atom is -0.390 e. The molecule has 1 aromatic rings. The van der Waals surface area contributed by atoms with E-state index in [2.05, 4.69) is 9.88 Å². The van der Waals surface area contributed by atoms with Gasteiger partial charge in [-0.25, -0.2) is 4.98 Å².